The number of para-hydroxylation sites is 1. The molecule has 0 bridgehead atoms. The number of ether oxygens (including phenoxy) is 2. The van der Waals surface area contributed by atoms with Crippen LogP contribution in [0.4, 0.5) is 0 Å². The van der Waals surface area contributed by atoms with Gasteiger partial charge in [0, 0.05) is 33.3 Å². The highest BCUT2D eigenvalue weighted by molar-refractivity contribution is 7.22. The van der Waals surface area contributed by atoms with E-state index in [4.69, 9.17) is 26.1 Å². The third kappa shape index (κ3) is 5.78. The number of thiazole rings is 1. The van der Waals surface area contributed by atoms with Crippen molar-refractivity contribution in [3.05, 3.63) is 95.3 Å². The molecule has 0 saturated carbocycles. The Morgan fingerprint density at radius 2 is 1.81 bits per heavy atom. The molecular formula is C34H31ClN4O3S. The second-order valence-corrected chi connectivity index (χ2v) is 12.7. The number of esters is 1. The van der Waals surface area contributed by atoms with Crippen LogP contribution < -0.4 is 0 Å². The van der Waals surface area contributed by atoms with Gasteiger partial charge in [0.1, 0.15) is 5.01 Å². The van der Waals surface area contributed by atoms with Gasteiger partial charge in [-0.3, -0.25) is 0 Å². The lowest BCUT2D eigenvalue weighted by atomic mass is 9.91. The number of halogens is 1. The lowest BCUT2D eigenvalue weighted by molar-refractivity contribution is -0.166. The van der Waals surface area contributed by atoms with E-state index in [0.717, 1.165) is 53.9 Å². The first-order valence-electron chi connectivity index (χ1n) is 14.1. The van der Waals surface area contributed by atoms with Crippen LogP contribution in [0, 0.1) is 6.92 Å². The minimum atomic E-state index is -0.929. The maximum atomic E-state index is 13.4. The topological polar surface area (TPSA) is 79.1 Å². The van der Waals surface area contributed by atoms with E-state index in [1.807, 2.05) is 105 Å². The van der Waals surface area contributed by atoms with E-state index >= 15 is 0 Å². The van der Waals surface area contributed by atoms with Crippen LogP contribution in [0.25, 0.3) is 48.6 Å². The van der Waals surface area contributed by atoms with Crippen LogP contribution in [0.2, 0.25) is 5.02 Å². The highest BCUT2D eigenvalue weighted by Crippen LogP contribution is 2.44. The Kier molecular flexibility index (Phi) is 7.77. The average molecular weight is 611 g/mol. The molecule has 0 spiro atoms. The Hall–Kier alpha value is -4.11. The summed E-state index contributed by atoms with van der Waals surface area (Å²) in [5.41, 5.74) is 5.56. The zero-order valence-corrected chi connectivity index (χ0v) is 26.2. The summed E-state index contributed by atoms with van der Waals surface area (Å²) in [6, 6.07) is 21.6. The maximum absolute atomic E-state index is 13.4. The van der Waals surface area contributed by atoms with E-state index in [1.54, 1.807) is 24.5 Å². The maximum Gasteiger partial charge on any atom is 0.339 e. The molecule has 218 valence electrons. The molecule has 0 aliphatic heterocycles. The quantitative estimate of drug-likeness (QED) is 0.168. The van der Waals surface area contributed by atoms with Gasteiger partial charge < -0.3 is 9.47 Å². The Morgan fingerprint density at radius 1 is 1.05 bits per heavy atom. The van der Waals surface area contributed by atoms with Crippen LogP contribution in [0.1, 0.15) is 44.9 Å². The summed E-state index contributed by atoms with van der Waals surface area (Å²) in [4.78, 5) is 23.1. The van der Waals surface area contributed by atoms with Crippen LogP contribution in [-0.2, 0) is 14.3 Å². The van der Waals surface area contributed by atoms with E-state index < -0.39 is 17.7 Å². The Balaban J connectivity index is 1.55. The van der Waals surface area contributed by atoms with Crippen LogP contribution in [0.5, 0.6) is 0 Å². The Morgan fingerprint density at radius 3 is 2.56 bits per heavy atom. The number of carbonyl (C=O) groups is 1. The number of aromatic nitrogens is 4. The summed E-state index contributed by atoms with van der Waals surface area (Å²) in [7, 11) is 0. The van der Waals surface area contributed by atoms with Crippen LogP contribution in [-0.4, -0.2) is 37.9 Å². The van der Waals surface area contributed by atoms with Crippen molar-refractivity contribution >= 4 is 50.0 Å². The molecule has 3 aromatic heterocycles. The highest BCUT2D eigenvalue weighted by Gasteiger charge is 2.33. The highest BCUT2D eigenvalue weighted by atomic mass is 35.5. The van der Waals surface area contributed by atoms with Crippen LogP contribution in [0.3, 0.4) is 0 Å². The molecule has 6 rings (SSSR count). The summed E-state index contributed by atoms with van der Waals surface area (Å²) < 4.78 is 14.7. The van der Waals surface area contributed by atoms with Crippen molar-refractivity contribution in [1.82, 2.24) is 19.7 Å². The molecule has 0 saturated heterocycles. The standard InChI is InChI=1S/C34H31ClN4O3S/c1-6-41-33(40)30(42-34(3,4)5)28-20(2)17-25-31(29(28)21-11-13-24(35)14-12-21)43-32(38-25)22-15-16-36-27(18-22)39-26-10-8-7-9-23(26)19-37-39/h7-19,30H,6H2,1-5H3. The predicted octanol–water partition coefficient (Wildman–Crippen LogP) is 8.75. The SMILES string of the molecule is CCOC(=O)C(OC(C)(C)C)c1c(C)cc2nc(-c3ccnc(-n4ncc5ccccc54)c3)sc2c1-c1ccc(Cl)cc1. The second kappa shape index (κ2) is 11.5. The third-order valence-corrected chi connectivity index (χ3v) is 8.37. The fraction of sp³-hybridized carbons (Fsp3) is 0.235. The Labute approximate surface area is 259 Å². The molecular weight excluding hydrogens is 580 g/mol. The van der Waals surface area contributed by atoms with Crippen molar-refractivity contribution in [2.45, 2.75) is 46.3 Å². The summed E-state index contributed by atoms with van der Waals surface area (Å²) in [5, 5.41) is 7.07. The van der Waals surface area contributed by atoms with Gasteiger partial charge in [-0.2, -0.15) is 5.10 Å². The first-order valence-corrected chi connectivity index (χ1v) is 15.3. The summed E-state index contributed by atoms with van der Waals surface area (Å²) in [6.07, 6.45) is 2.68. The van der Waals surface area contributed by atoms with Crippen molar-refractivity contribution in [2.24, 2.45) is 0 Å². The largest absolute Gasteiger partial charge is 0.464 e. The van der Waals surface area contributed by atoms with Crippen molar-refractivity contribution in [2.75, 3.05) is 6.61 Å². The van der Waals surface area contributed by atoms with Gasteiger partial charge in [-0.25, -0.2) is 19.4 Å². The normalized spacial score (nSPS) is 12.6. The van der Waals surface area contributed by atoms with Crippen molar-refractivity contribution in [3.63, 3.8) is 0 Å². The summed E-state index contributed by atoms with van der Waals surface area (Å²) in [5.74, 6) is 0.277. The van der Waals surface area contributed by atoms with Crippen LogP contribution in [0.15, 0.2) is 79.1 Å². The number of nitrogens with zero attached hydrogens (tertiary/aromatic N) is 4. The molecule has 0 radical (unpaired) electrons. The van der Waals surface area contributed by atoms with Gasteiger partial charge in [0.05, 0.1) is 34.1 Å². The number of pyridine rings is 1. The number of benzene rings is 3. The molecule has 0 N–H and O–H groups in total. The van der Waals surface area contributed by atoms with E-state index in [2.05, 4.69) is 10.1 Å². The van der Waals surface area contributed by atoms with E-state index in [1.165, 1.54) is 0 Å². The van der Waals surface area contributed by atoms with Crippen molar-refractivity contribution in [3.8, 4) is 27.5 Å². The van der Waals surface area contributed by atoms with Gasteiger partial charge in [0.15, 0.2) is 11.9 Å². The molecule has 1 atom stereocenters. The number of carbonyl (C=O) groups excluding carboxylic acids is 1. The molecule has 0 aliphatic rings. The molecule has 9 heteroatoms. The molecule has 3 heterocycles. The van der Waals surface area contributed by atoms with E-state index in [-0.39, 0.29) is 6.61 Å². The Bertz CT molecular complexity index is 1960. The fourth-order valence-corrected chi connectivity index (χ4v) is 6.44. The minimum absolute atomic E-state index is 0.251. The van der Waals surface area contributed by atoms with Gasteiger partial charge in [-0.05, 0) is 82.1 Å². The lowest BCUT2D eigenvalue weighted by Crippen LogP contribution is -2.29. The number of aryl methyl sites for hydroxylation is 1. The van der Waals surface area contributed by atoms with Crippen LogP contribution >= 0.6 is 22.9 Å². The van der Waals surface area contributed by atoms with Gasteiger partial charge in [-0.1, -0.05) is 41.9 Å². The molecule has 6 aromatic rings. The zero-order chi connectivity index (χ0) is 30.3. The fourth-order valence-electron chi connectivity index (χ4n) is 5.19. The van der Waals surface area contributed by atoms with Gasteiger partial charge >= 0.3 is 5.97 Å². The number of hydrogen-bond donors (Lipinski definition) is 0. The number of rotatable bonds is 7. The van der Waals surface area contributed by atoms with Gasteiger partial charge in [0.25, 0.3) is 0 Å². The lowest BCUT2D eigenvalue weighted by Gasteiger charge is -2.29. The van der Waals surface area contributed by atoms with E-state index in [9.17, 15) is 4.79 Å². The van der Waals surface area contributed by atoms with Crippen molar-refractivity contribution in [1.29, 1.82) is 0 Å². The number of hydrogen-bond acceptors (Lipinski definition) is 7. The first-order chi connectivity index (χ1) is 20.6. The summed E-state index contributed by atoms with van der Waals surface area (Å²) in [6.45, 7) is 9.84. The molecule has 0 aliphatic carbocycles. The molecule has 7 nitrogen and oxygen atoms in total. The zero-order valence-electron chi connectivity index (χ0n) is 24.6. The van der Waals surface area contributed by atoms with E-state index in [0.29, 0.717) is 10.8 Å². The molecule has 43 heavy (non-hydrogen) atoms. The molecule has 3 aromatic carbocycles. The minimum Gasteiger partial charge on any atom is -0.464 e. The molecule has 1 unspecified atom stereocenters. The smallest absolute Gasteiger partial charge is 0.339 e. The third-order valence-electron chi connectivity index (χ3n) is 6.98. The second-order valence-electron chi connectivity index (χ2n) is 11.2. The first kappa shape index (κ1) is 29.0. The van der Waals surface area contributed by atoms with Gasteiger partial charge in [-0.15, -0.1) is 11.3 Å². The average Bonchev–Trinajstić information content (AvgIpc) is 3.60. The molecule has 0 fully saturated rings. The predicted molar refractivity (Wildman–Crippen MR) is 173 cm³/mol. The number of fused-ring (bicyclic) bond motifs is 2. The molecule has 0 amide bonds. The monoisotopic (exact) mass is 610 g/mol. The van der Waals surface area contributed by atoms with Crippen molar-refractivity contribution < 1.29 is 14.3 Å². The summed E-state index contributed by atoms with van der Waals surface area (Å²) >= 11 is 7.85. The van der Waals surface area contributed by atoms with Gasteiger partial charge in [0.2, 0.25) is 0 Å².